The number of ether oxygens (including phenoxy) is 4. The monoisotopic (exact) mass is 436 g/mol. The van der Waals surface area contributed by atoms with Gasteiger partial charge in [-0.3, -0.25) is 0 Å². The molecule has 29 heavy (non-hydrogen) atoms. The average Bonchev–Trinajstić information content (AvgIpc) is 2.70. The highest BCUT2D eigenvalue weighted by molar-refractivity contribution is 6.31. The minimum absolute atomic E-state index is 0.0267. The summed E-state index contributed by atoms with van der Waals surface area (Å²) in [6, 6.07) is 3.81. The number of unbranched alkanes of at least 4 members (excludes halogenated alkanes) is 1. The predicted molar refractivity (Wildman–Crippen MR) is 103 cm³/mol. The van der Waals surface area contributed by atoms with Gasteiger partial charge in [-0.2, -0.15) is 13.2 Å². The van der Waals surface area contributed by atoms with E-state index in [1.165, 1.54) is 25.0 Å². The topological polar surface area (TPSA) is 36.9 Å². The van der Waals surface area contributed by atoms with E-state index in [0.29, 0.717) is 45.2 Å². The molecule has 0 saturated carbocycles. The number of aryl methyl sites for hydroxylation is 1. The van der Waals surface area contributed by atoms with E-state index in [9.17, 15) is 13.2 Å². The Morgan fingerprint density at radius 3 is 2.28 bits per heavy atom. The highest BCUT2D eigenvalue weighted by atomic mass is 35.5. The first kappa shape index (κ1) is 22.8. The molecule has 164 valence electrons. The van der Waals surface area contributed by atoms with Crippen molar-refractivity contribution < 1.29 is 32.1 Å². The van der Waals surface area contributed by atoms with Crippen LogP contribution < -0.4 is 0 Å². The van der Waals surface area contributed by atoms with Crippen molar-refractivity contribution in [2.24, 2.45) is 11.8 Å². The SMILES string of the molecule is CCCC[C@H]1CO[C@H]([C@H]2CO[C@H](CCc3ccc(C(F)(F)F)c(Cl)c3)OC2)OC1. The highest BCUT2D eigenvalue weighted by Gasteiger charge is 2.34. The Labute approximate surface area is 174 Å². The van der Waals surface area contributed by atoms with E-state index in [0.717, 1.165) is 18.1 Å². The van der Waals surface area contributed by atoms with Crippen LogP contribution in [0.25, 0.3) is 0 Å². The van der Waals surface area contributed by atoms with Crippen LogP contribution in [0.4, 0.5) is 13.2 Å². The van der Waals surface area contributed by atoms with Crippen LogP contribution in [-0.2, 0) is 31.5 Å². The quantitative estimate of drug-likeness (QED) is 0.568. The molecule has 0 aliphatic carbocycles. The van der Waals surface area contributed by atoms with Gasteiger partial charge in [0.05, 0.1) is 42.9 Å². The van der Waals surface area contributed by atoms with Crippen LogP contribution in [0.2, 0.25) is 5.02 Å². The Balaban J connectivity index is 1.39. The minimum atomic E-state index is -4.44. The van der Waals surface area contributed by atoms with Gasteiger partial charge < -0.3 is 18.9 Å². The van der Waals surface area contributed by atoms with E-state index in [1.54, 1.807) is 0 Å². The van der Waals surface area contributed by atoms with Gasteiger partial charge >= 0.3 is 6.18 Å². The van der Waals surface area contributed by atoms with E-state index >= 15 is 0 Å². The van der Waals surface area contributed by atoms with Gasteiger partial charge in [0.2, 0.25) is 0 Å². The fraction of sp³-hybridized carbons (Fsp3) is 0.714. The molecule has 0 radical (unpaired) electrons. The Hall–Kier alpha value is -0.860. The number of benzene rings is 1. The summed E-state index contributed by atoms with van der Waals surface area (Å²) in [5.41, 5.74) is -0.102. The van der Waals surface area contributed by atoms with Crippen molar-refractivity contribution >= 4 is 11.6 Å². The molecule has 2 aliphatic heterocycles. The molecule has 0 amide bonds. The molecule has 0 aromatic heterocycles. The molecule has 0 N–H and O–H groups in total. The van der Waals surface area contributed by atoms with Crippen LogP contribution >= 0.6 is 11.6 Å². The first-order chi connectivity index (χ1) is 13.9. The van der Waals surface area contributed by atoms with Gasteiger partial charge in [0.15, 0.2) is 12.6 Å². The molecule has 2 fully saturated rings. The van der Waals surface area contributed by atoms with Crippen molar-refractivity contribution in [1.82, 2.24) is 0 Å². The predicted octanol–water partition coefficient (Wildman–Crippen LogP) is 5.46. The normalized spacial score (nSPS) is 28.4. The molecule has 1 aromatic carbocycles. The molecule has 2 heterocycles. The fourth-order valence-corrected chi connectivity index (χ4v) is 3.91. The molecule has 0 atom stereocenters. The maximum atomic E-state index is 12.8. The largest absolute Gasteiger partial charge is 0.417 e. The molecule has 2 aliphatic rings. The van der Waals surface area contributed by atoms with Crippen molar-refractivity contribution in [2.75, 3.05) is 26.4 Å². The second kappa shape index (κ2) is 10.4. The Morgan fingerprint density at radius 1 is 1.00 bits per heavy atom. The van der Waals surface area contributed by atoms with Gasteiger partial charge in [-0.25, -0.2) is 0 Å². The summed E-state index contributed by atoms with van der Waals surface area (Å²) in [5.74, 6) is 0.485. The van der Waals surface area contributed by atoms with Crippen molar-refractivity contribution in [3.63, 3.8) is 0 Å². The molecule has 0 spiro atoms. The molecule has 1 aromatic rings. The minimum Gasteiger partial charge on any atom is -0.352 e. The van der Waals surface area contributed by atoms with Crippen LogP contribution in [0.3, 0.4) is 0 Å². The summed E-state index contributed by atoms with van der Waals surface area (Å²) in [7, 11) is 0. The molecular weight excluding hydrogens is 409 g/mol. The summed E-state index contributed by atoms with van der Waals surface area (Å²) in [4.78, 5) is 0. The second-order valence-electron chi connectivity index (χ2n) is 7.75. The van der Waals surface area contributed by atoms with Crippen LogP contribution in [-0.4, -0.2) is 39.0 Å². The fourth-order valence-electron chi connectivity index (χ4n) is 3.60. The highest BCUT2D eigenvalue weighted by Crippen LogP contribution is 2.35. The Bertz CT molecular complexity index is 639. The smallest absolute Gasteiger partial charge is 0.352 e. The van der Waals surface area contributed by atoms with E-state index < -0.39 is 18.0 Å². The zero-order chi connectivity index (χ0) is 20.9. The molecule has 0 unspecified atom stereocenters. The third kappa shape index (κ3) is 6.56. The summed E-state index contributed by atoms with van der Waals surface area (Å²) >= 11 is 5.77. The summed E-state index contributed by atoms with van der Waals surface area (Å²) in [6.45, 7) is 4.54. The second-order valence-corrected chi connectivity index (χ2v) is 8.16. The zero-order valence-electron chi connectivity index (χ0n) is 16.6. The lowest BCUT2D eigenvalue weighted by atomic mass is 10.0. The summed E-state index contributed by atoms with van der Waals surface area (Å²) in [6.07, 6.45) is -0.608. The van der Waals surface area contributed by atoms with Crippen LogP contribution in [0, 0.1) is 11.8 Å². The maximum absolute atomic E-state index is 12.8. The first-order valence-corrected chi connectivity index (χ1v) is 10.6. The summed E-state index contributed by atoms with van der Waals surface area (Å²) in [5, 5.41) is -0.288. The third-order valence-corrected chi connectivity index (χ3v) is 5.66. The van der Waals surface area contributed by atoms with Crippen molar-refractivity contribution in [3.05, 3.63) is 34.3 Å². The van der Waals surface area contributed by atoms with Gasteiger partial charge in [-0.15, -0.1) is 0 Å². The molecular formula is C21H28ClF3O4. The van der Waals surface area contributed by atoms with Gasteiger partial charge in [0, 0.05) is 12.3 Å². The van der Waals surface area contributed by atoms with E-state index in [4.69, 9.17) is 30.5 Å². The number of hydrogen-bond donors (Lipinski definition) is 0. The van der Waals surface area contributed by atoms with Crippen LogP contribution in [0.1, 0.15) is 43.7 Å². The van der Waals surface area contributed by atoms with Crippen LogP contribution in [0.15, 0.2) is 18.2 Å². The molecule has 8 heteroatoms. The number of halogens is 4. The Morgan fingerprint density at radius 2 is 1.69 bits per heavy atom. The molecule has 0 bridgehead atoms. The molecule has 4 nitrogen and oxygen atoms in total. The number of rotatable bonds is 7. The van der Waals surface area contributed by atoms with Gasteiger partial charge in [0.25, 0.3) is 0 Å². The van der Waals surface area contributed by atoms with Crippen molar-refractivity contribution in [1.29, 1.82) is 0 Å². The van der Waals surface area contributed by atoms with Gasteiger partial charge in [0.1, 0.15) is 0 Å². The van der Waals surface area contributed by atoms with Crippen molar-refractivity contribution in [2.45, 2.75) is 57.8 Å². The lowest BCUT2D eigenvalue weighted by molar-refractivity contribution is -0.281. The Kier molecular flexibility index (Phi) is 8.22. The third-order valence-electron chi connectivity index (χ3n) is 5.34. The lowest BCUT2D eigenvalue weighted by Gasteiger charge is -2.37. The van der Waals surface area contributed by atoms with Gasteiger partial charge in [-0.1, -0.05) is 37.4 Å². The average molecular weight is 437 g/mol. The first-order valence-electron chi connectivity index (χ1n) is 10.2. The standard InChI is InChI=1S/C21H28ClF3O4/c1-2-3-4-15-10-28-20(29-11-15)16-12-26-19(27-13-16)8-6-14-5-7-17(18(22)9-14)21(23,24)25/h5,7,9,15-16,19-20H,2-4,6,8,10-13H2,1H3/t15-,16-,19-,20-. The number of hydrogen-bond acceptors (Lipinski definition) is 4. The van der Waals surface area contributed by atoms with E-state index in [2.05, 4.69) is 6.92 Å². The zero-order valence-corrected chi connectivity index (χ0v) is 17.3. The maximum Gasteiger partial charge on any atom is 0.417 e. The summed E-state index contributed by atoms with van der Waals surface area (Å²) < 4.78 is 61.6. The van der Waals surface area contributed by atoms with Crippen LogP contribution in [0.5, 0.6) is 0 Å². The lowest BCUT2D eigenvalue weighted by Crippen LogP contribution is -2.44. The van der Waals surface area contributed by atoms with Crippen molar-refractivity contribution in [3.8, 4) is 0 Å². The molecule has 2 saturated heterocycles. The number of alkyl halides is 3. The molecule has 3 rings (SSSR count). The van der Waals surface area contributed by atoms with Gasteiger partial charge in [-0.05, 0) is 30.5 Å². The van der Waals surface area contributed by atoms with E-state index in [-0.39, 0.29) is 17.2 Å². The van der Waals surface area contributed by atoms with E-state index in [1.807, 2.05) is 0 Å².